The molecular formula is C72H81ClN8O12. The molecule has 0 atom stereocenters. The first kappa shape index (κ1) is 69.0. The number of rotatable bonds is 12. The van der Waals surface area contributed by atoms with Crippen molar-refractivity contribution in [2.24, 2.45) is 0 Å². The Morgan fingerprint density at radius 1 is 0.473 bits per heavy atom. The van der Waals surface area contributed by atoms with E-state index in [1.165, 1.54) is 0 Å². The van der Waals surface area contributed by atoms with Gasteiger partial charge in [0, 0.05) is 75.7 Å². The van der Waals surface area contributed by atoms with Crippen LogP contribution in [0.1, 0.15) is 78.7 Å². The van der Waals surface area contributed by atoms with E-state index in [1.54, 1.807) is 75.6 Å². The number of carbonyl (C=O) groups excluding carboxylic acids is 3. The van der Waals surface area contributed by atoms with E-state index in [9.17, 15) is 28.8 Å². The summed E-state index contributed by atoms with van der Waals surface area (Å²) >= 11 is 6.16. The smallest absolute Gasteiger partial charge is 0.360 e. The molecule has 11 rings (SSSR count). The molecule has 93 heavy (non-hydrogen) atoms. The standard InChI is InChI=1S/C30H30ClN3O5.C25H29N3O4.C15H16N2O3.C2H6/c1-18-26(38-23-11-13-34(2)14-12-23)9-7-20-16-25(29(35)39-28(18)20)33-30(36)32-22-8-10-27(37-3)24(17-22)19-5-4-6-21(31)15-19;1-15-5-7-19(13-16(15)2)26-25(30)27-21-14-18-6-8-22(17(3)23(18)32-24(21)29)31-20-9-11-28(4)12-10-20;1-9-4-6-12(7-5-9)16-15(19)17-13-8-10(2)11(3)20-14(13)18;1-2/h4-10,15-17,23H,11-14H2,1-3H3,(H2,32,33,36);5-8,13-14,20H,9-12H2,1-4H3,(H2,26,27,30);4-8H,1-3H3,(H2,16,17,19);1-2H3. The molecule has 2 aliphatic rings. The molecule has 0 saturated carbocycles. The summed E-state index contributed by atoms with van der Waals surface area (Å²) in [5, 5.41) is 17.8. The molecule has 488 valence electrons. The molecule has 6 N–H and O–H groups in total. The number of ether oxygens (including phenoxy) is 3. The molecular weight excluding hydrogens is 1200 g/mol. The Balaban J connectivity index is 0.000000185. The number of nitrogens with one attached hydrogen (secondary N) is 6. The third-order valence-corrected chi connectivity index (χ3v) is 16.1. The van der Waals surface area contributed by atoms with Crippen LogP contribution in [0.15, 0.2) is 155 Å². The lowest BCUT2D eigenvalue weighted by molar-refractivity contribution is 0.113. The molecule has 21 heteroatoms. The van der Waals surface area contributed by atoms with Gasteiger partial charge in [0.2, 0.25) is 0 Å². The average Bonchev–Trinajstić information content (AvgIpc) is 0.819. The van der Waals surface area contributed by atoms with Gasteiger partial charge in [0.1, 0.15) is 63.4 Å². The molecule has 0 aliphatic carbocycles. The Kier molecular flexibility index (Phi) is 23.7. The van der Waals surface area contributed by atoms with Crippen LogP contribution in [0.4, 0.5) is 48.5 Å². The van der Waals surface area contributed by atoms with Crippen molar-refractivity contribution in [2.75, 3.05) is 79.3 Å². The molecule has 2 saturated heterocycles. The fraction of sp³-hybridized carbons (Fsp3) is 0.306. The van der Waals surface area contributed by atoms with Gasteiger partial charge in [0.25, 0.3) is 0 Å². The predicted molar refractivity (Wildman–Crippen MR) is 371 cm³/mol. The number of urea groups is 3. The van der Waals surface area contributed by atoms with Gasteiger partial charge in [-0.1, -0.05) is 61.3 Å². The highest BCUT2D eigenvalue weighted by Crippen LogP contribution is 2.35. The molecule has 0 radical (unpaired) electrons. The number of piperidine rings is 2. The third kappa shape index (κ3) is 18.6. The normalized spacial score (nSPS) is 13.4. The number of carbonyl (C=O) groups is 3. The topological polar surface area (TPSA) is 248 Å². The van der Waals surface area contributed by atoms with Crippen LogP contribution in [-0.4, -0.2) is 87.5 Å². The fourth-order valence-electron chi connectivity index (χ4n) is 10.3. The molecule has 20 nitrogen and oxygen atoms in total. The quantitative estimate of drug-likeness (QED) is 0.0623. The number of hydrogen-bond donors (Lipinski definition) is 6. The number of amides is 6. The summed E-state index contributed by atoms with van der Waals surface area (Å²) in [7, 11) is 5.79. The minimum absolute atomic E-state index is 0.0342. The van der Waals surface area contributed by atoms with Crippen LogP contribution < -0.4 is 63.0 Å². The van der Waals surface area contributed by atoms with Gasteiger partial charge in [-0.25, -0.2) is 28.8 Å². The second-order valence-corrected chi connectivity index (χ2v) is 23.3. The molecule has 0 bridgehead atoms. The van der Waals surface area contributed by atoms with Crippen molar-refractivity contribution in [3.8, 4) is 28.4 Å². The van der Waals surface area contributed by atoms with Gasteiger partial charge in [0.15, 0.2) is 0 Å². The number of halogens is 1. The first-order chi connectivity index (χ1) is 44.5. The van der Waals surface area contributed by atoms with Crippen LogP contribution >= 0.6 is 11.6 Å². The van der Waals surface area contributed by atoms with Gasteiger partial charge >= 0.3 is 35.0 Å². The zero-order chi connectivity index (χ0) is 67.0. The molecule has 9 aromatic rings. The molecule has 2 aliphatic heterocycles. The maximum atomic E-state index is 12.8. The number of anilines is 6. The van der Waals surface area contributed by atoms with Gasteiger partial charge in [-0.15, -0.1) is 0 Å². The summed E-state index contributed by atoms with van der Waals surface area (Å²) < 4.78 is 34.1. The molecule has 0 unspecified atom stereocenters. The lowest BCUT2D eigenvalue weighted by Gasteiger charge is -2.29. The number of benzene rings is 6. The maximum absolute atomic E-state index is 12.8. The number of likely N-dealkylation sites (tertiary alicyclic amines) is 2. The van der Waals surface area contributed by atoms with Crippen molar-refractivity contribution in [1.82, 2.24) is 9.80 Å². The van der Waals surface area contributed by atoms with E-state index in [0.29, 0.717) is 55.9 Å². The summed E-state index contributed by atoms with van der Waals surface area (Å²) in [5.74, 6) is 2.60. The van der Waals surface area contributed by atoms with E-state index in [2.05, 4.69) is 55.8 Å². The first-order valence-corrected chi connectivity index (χ1v) is 31.2. The van der Waals surface area contributed by atoms with E-state index in [0.717, 1.165) is 108 Å². The third-order valence-electron chi connectivity index (χ3n) is 15.9. The number of nitrogens with zero attached hydrogens (tertiary/aromatic N) is 2. The zero-order valence-electron chi connectivity index (χ0n) is 54.6. The fourth-order valence-corrected chi connectivity index (χ4v) is 10.5. The van der Waals surface area contributed by atoms with Crippen LogP contribution in [0.2, 0.25) is 5.02 Å². The molecule has 2 fully saturated rings. The van der Waals surface area contributed by atoms with Gasteiger partial charge < -0.3 is 69.2 Å². The maximum Gasteiger partial charge on any atom is 0.360 e. The van der Waals surface area contributed by atoms with Crippen molar-refractivity contribution in [3.05, 3.63) is 203 Å². The zero-order valence-corrected chi connectivity index (χ0v) is 55.4. The first-order valence-electron chi connectivity index (χ1n) is 30.8. The monoisotopic (exact) mass is 1280 g/mol. The second kappa shape index (κ2) is 31.9. The van der Waals surface area contributed by atoms with E-state index in [1.807, 2.05) is 121 Å². The van der Waals surface area contributed by atoms with E-state index in [-0.39, 0.29) is 29.3 Å². The predicted octanol–water partition coefficient (Wildman–Crippen LogP) is 15.6. The highest BCUT2D eigenvalue weighted by molar-refractivity contribution is 6.30. The van der Waals surface area contributed by atoms with Gasteiger partial charge in [-0.05, 0) is 208 Å². The Morgan fingerprint density at radius 2 is 0.914 bits per heavy atom. The van der Waals surface area contributed by atoms with Crippen LogP contribution in [0.5, 0.6) is 17.2 Å². The van der Waals surface area contributed by atoms with Gasteiger partial charge in [-0.3, -0.25) is 0 Å². The lowest BCUT2D eigenvalue weighted by Crippen LogP contribution is -2.35. The number of methoxy groups -OCH3 is 1. The number of hydrogen-bond acceptors (Lipinski definition) is 14. The number of fused-ring (bicyclic) bond motifs is 2. The summed E-state index contributed by atoms with van der Waals surface area (Å²) in [4.78, 5) is 78.6. The van der Waals surface area contributed by atoms with E-state index >= 15 is 0 Å². The van der Waals surface area contributed by atoms with Crippen LogP contribution in [-0.2, 0) is 0 Å². The van der Waals surface area contributed by atoms with Gasteiger partial charge in [0.05, 0.1) is 7.11 Å². The minimum atomic E-state index is -0.647. The summed E-state index contributed by atoms with van der Waals surface area (Å²) in [6.07, 6.45) is 4.12. The van der Waals surface area contributed by atoms with Crippen molar-refractivity contribution >= 4 is 85.8 Å². The molecule has 3 aromatic heterocycles. The highest BCUT2D eigenvalue weighted by Gasteiger charge is 2.23. The van der Waals surface area contributed by atoms with Crippen molar-refractivity contribution in [2.45, 2.75) is 100 Å². The van der Waals surface area contributed by atoms with Crippen LogP contribution in [0.25, 0.3) is 33.1 Å². The Bertz CT molecular complexity index is 4320. The SMILES string of the molecule is CC.COc1ccc(NC(=O)Nc2cc3ccc(OC4CCN(C)CC4)c(C)c3oc2=O)cc1-c1cccc(Cl)c1.Cc1ccc(NC(=O)Nc2cc(C)c(C)oc2=O)cc1.Cc1ccc(NC(=O)Nc2cc3ccc(OC4CCN(C)CC4)c(C)c3oc2=O)cc1C. The largest absolute Gasteiger partial charge is 0.496 e. The molecule has 0 spiro atoms. The Labute approximate surface area is 545 Å². The van der Waals surface area contributed by atoms with Gasteiger partial charge in [-0.2, -0.15) is 0 Å². The molecule has 6 amide bonds. The van der Waals surface area contributed by atoms with E-state index < -0.39 is 35.0 Å². The Hall–Kier alpha value is -9.89. The lowest BCUT2D eigenvalue weighted by atomic mass is 10.0. The van der Waals surface area contributed by atoms with Crippen molar-refractivity contribution in [1.29, 1.82) is 0 Å². The molecule has 6 aromatic carbocycles. The van der Waals surface area contributed by atoms with Crippen molar-refractivity contribution < 1.29 is 41.8 Å². The second-order valence-electron chi connectivity index (χ2n) is 22.9. The van der Waals surface area contributed by atoms with Crippen molar-refractivity contribution in [3.63, 3.8) is 0 Å². The molecule has 5 heterocycles. The summed E-state index contributed by atoms with van der Waals surface area (Å²) in [6, 6.07) is 36.3. The highest BCUT2D eigenvalue weighted by atomic mass is 35.5. The van der Waals surface area contributed by atoms with Crippen LogP contribution in [0, 0.1) is 48.5 Å². The minimum Gasteiger partial charge on any atom is -0.496 e. The van der Waals surface area contributed by atoms with E-state index in [4.69, 9.17) is 39.1 Å². The summed E-state index contributed by atoms with van der Waals surface area (Å²) in [5.41, 5.74) is 8.42. The van der Waals surface area contributed by atoms with Crippen LogP contribution in [0.3, 0.4) is 0 Å². The number of aryl methyl sites for hydroxylation is 7. The summed E-state index contributed by atoms with van der Waals surface area (Å²) in [6.45, 7) is 21.2. The average molecular weight is 1290 g/mol. The Morgan fingerprint density at radius 3 is 1.40 bits per heavy atom.